The highest BCUT2D eigenvalue weighted by atomic mass is 32.2. The summed E-state index contributed by atoms with van der Waals surface area (Å²) in [6.07, 6.45) is 0.547. The maximum Gasteiger partial charge on any atom is 0.242 e. The highest BCUT2D eigenvalue weighted by Gasteiger charge is 2.53. The molecule has 8 rings (SSSR count). The lowest BCUT2D eigenvalue weighted by molar-refractivity contribution is -0.0284. The Balaban J connectivity index is 1.34. The Morgan fingerprint density at radius 1 is 0.766 bits per heavy atom. The number of amidine groups is 1. The molecule has 0 spiro atoms. The molecule has 0 fully saturated rings. The Morgan fingerprint density at radius 3 is 2.15 bits per heavy atom. The fourth-order valence-corrected chi connectivity index (χ4v) is 7.85. The zero-order valence-electron chi connectivity index (χ0n) is 26.0. The summed E-state index contributed by atoms with van der Waals surface area (Å²) >= 11 is 1.80. The van der Waals surface area contributed by atoms with Crippen LogP contribution in [0.25, 0.3) is 5.69 Å². The Labute approximate surface area is 278 Å². The third kappa shape index (κ3) is 5.11. The van der Waals surface area contributed by atoms with E-state index in [0.717, 1.165) is 56.0 Å². The van der Waals surface area contributed by atoms with Crippen LogP contribution in [0.15, 0.2) is 150 Å². The lowest BCUT2D eigenvalue weighted by atomic mass is 9.91. The maximum absolute atomic E-state index is 6.76. The van der Waals surface area contributed by atoms with Gasteiger partial charge in [0.15, 0.2) is 5.84 Å². The Morgan fingerprint density at radius 2 is 1.43 bits per heavy atom. The Kier molecular flexibility index (Phi) is 7.42. The van der Waals surface area contributed by atoms with Crippen LogP contribution >= 0.6 is 11.8 Å². The largest absolute Gasteiger partial charge is 0.497 e. The molecule has 232 valence electrons. The average molecular weight is 637 g/mol. The van der Waals surface area contributed by atoms with Crippen LogP contribution in [0.2, 0.25) is 0 Å². The van der Waals surface area contributed by atoms with Crippen LogP contribution < -0.4 is 14.4 Å². The molecule has 0 saturated carbocycles. The maximum atomic E-state index is 6.76. The highest BCUT2D eigenvalue weighted by molar-refractivity contribution is 7.99. The third-order valence-electron chi connectivity index (χ3n) is 8.61. The van der Waals surface area contributed by atoms with Crippen molar-refractivity contribution in [3.63, 3.8) is 0 Å². The molecule has 7 nitrogen and oxygen atoms in total. The van der Waals surface area contributed by atoms with Crippen molar-refractivity contribution < 1.29 is 14.3 Å². The number of thioether (sulfide) groups is 1. The first-order valence-corrected chi connectivity index (χ1v) is 16.4. The van der Waals surface area contributed by atoms with E-state index in [0.29, 0.717) is 12.3 Å². The quantitative estimate of drug-likeness (QED) is 0.174. The number of aromatic nitrogens is 2. The smallest absolute Gasteiger partial charge is 0.242 e. The van der Waals surface area contributed by atoms with Crippen LogP contribution in [-0.2, 0) is 10.6 Å². The zero-order chi connectivity index (χ0) is 31.8. The summed E-state index contributed by atoms with van der Waals surface area (Å²) in [5, 5.41) is 9.77. The lowest BCUT2D eigenvalue weighted by Crippen LogP contribution is -2.47. The van der Waals surface area contributed by atoms with Gasteiger partial charge in [-0.3, -0.25) is 4.90 Å². The first-order chi connectivity index (χ1) is 23.1. The van der Waals surface area contributed by atoms with Gasteiger partial charge in [-0.25, -0.2) is 4.68 Å². The van der Waals surface area contributed by atoms with Crippen LogP contribution in [0.3, 0.4) is 0 Å². The van der Waals surface area contributed by atoms with Gasteiger partial charge in [0.2, 0.25) is 11.6 Å². The molecule has 0 saturated heterocycles. The molecule has 0 amide bonds. The van der Waals surface area contributed by atoms with E-state index in [4.69, 9.17) is 24.6 Å². The Bertz CT molecular complexity index is 2050. The lowest BCUT2D eigenvalue weighted by Gasteiger charge is -2.37. The zero-order valence-corrected chi connectivity index (χ0v) is 26.8. The van der Waals surface area contributed by atoms with Crippen molar-refractivity contribution in [2.45, 2.75) is 29.2 Å². The molecule has 0 bridgehead atoms. The van der Waals surface area contributed by atoms with Crippen molar-refractivity contribution in [2.75, 3.05) is 12.0 Å². The number of para-hydroxylation sites is 3. The number of anilines is 1. The van der Waals surface area contributed by atoms with E-state index < -0.39 is 5.72 Å². The minimum absolute atomic E-state index is 0.134. The number of hydrogen-bond acceptors (Lipinski definition) is 7. The second-order valence-electron chi connectivity index (χ2n) is 11.5. The molecule has 0 radical (unpaired) electrons. The van der Waals surface area contributed by atoms with Gasteiger partial charge in [0, 0.05) is 27.7 Å². The average Bonchev–Trinajstić information content (AvgIpc) is 3.62. The van der Waals surface area contributed by atoms with Crippen molar-refractivity contribution in [2.24, 2.45) is 5.16 Å². The van der Waals surface area contributed by atoms with E-state index in [9.17, 15) is 0 Å². The van der Waals surface area contributed by atoms with E-state index in [1.54, 1.807) is 18.9 Å². The normalized spacial score (nSPS) is 18.4. The van der Waals surface area contributed by atoms with E-state index >= 15 is 0 Å². The van der Waals surface area contributed by atoms with Crippen LogP contribution in [-0.4, -0.2) is 22.7 Å². The van der Waals surface area contributed by atoms with Crippen LogP contribution in [0, 0.1) is 6.92 Å². The number of benzene rings is 5. The van der Waals surface area contributed by atoms with Crippen LogP contribution in [0.4, 0.5) is 5.69 Å². The minimum Gasteiger partial charge on any atom is -0.497 e. The molecule has 6 aromatic rings. The number of fused-ring (bicyclic) bond motifs is 3. The van der Waals surface area contributed by atoms with Crippen molar-refractivity contribution >= 4 is 23.3 Å². The molecule has 2 unspecified atom stereocenters. The first kappa shape index (κ1) is 29.0. The van der Waals surface area contributed by atoms with E-state index in [2.05, 4.69) is 60.4 Å². The van der Waals surface area contributed by atoms with Crippen LogP contribution in [0.1, 0.15) is 34.1 Å². The van der Waals surface area contributed by atoms with Crippen molar-refractivity contribution in [3.8, 4) is 23.1 Å². The second kappa shape index (κ2) is 12.0. The van der Waals surface area contributed by atoms with Gasteiger partial charge in [-0.05, 0) is 67.6 Å². The number of ether oxygens (including phenoxy) is 2. The summed E-state index contributed by atoms with van der Waals surface area (Å²) in [6, 6.07) is 46.8. The summed E-state index contributed by atoms with van der Waals surface area (Å²) in [5.41, 5.74) is 4.79. The van der Waals surface area contributed by atoms with Gasteiger partial charge in [-0.1, -0.05) is 84.0 Å². The molecular weight excluding hydrogens is 605 g/mol. The molecule has 0 N–H and O–H groups in total. The first-order valence-electron chi connectivity index (χ1n) is 15.5. The summed E-state index contributed by atoms with van der Waals surface area (Å²) in [6.45, 7) is 2.06. The fourth-order valence-electron chi connectivity index (χ4n) is 6.41. The summed E-state index contributed by atoms with van der Waals surface area (Å²) < 4.78 is 14.2. The third-order valence-corrected chi connectivity index (χ3v) is 9.90. The van der Waals surface area contributed by atoms with E-state index in [1.807, 2.05) is 95.7 Å². The molecule has 5 aromatic carbocycles. The molecule has 8 heteroatoms. The van der Waals surface area contributed by atoms with Gasteiger partial charge >= 0.3 is 0 Å². The molecule has 3 heterocycles. The standard InChI is InChI=1S/C39H32N4O3S/c1-27-36(38(45-32-18-10-5-11-19-32)43(40-27)30-16-8-4-9-17-30)35-26-39(29-22-24-31(44-2)25-23-29)42(33-20-12-13-21-34(33)47-35)37(41-46-39)28-14-6-3-7-15-28/h3-25,35H,26H2,1-2H3. The van der Waals surface area contributed by atoms with Crippen molar-refractivity contribution in [3.05, 3.63) is 162 Å². The fraction of sp³-hybridized carbons (Fsp3) is 0.128. The predicted octanol–water partition coefficient (Wildman–Crippen LogP) is 9.27. The molecule has 47 heavy (non-hydrogen) atoms. The number of oxime groups is 1. The van der Waals surface area contributed by atoms with Gasteiger partial charge in [-0.15, -0.1) is 11.8 Å². The van der Waals surface area contributed by atoms with Gasteiger partial charge in [0.1, 0.15) is 11.5 Å². The molecule has 0 aliphatic carbocycles. The molecule has 2 aliphatic rings. The summed E-state index contributed by atoms with van der Waals surface area (Å²) in [4.78, 5) is 10.1. The SMILES string of the molecule is COc1ccc(C23CC(c4c(C)nn(-c5ccccc5)c4Oc4ccccc4)Sc4ccccc4N2C(c2ccccc2)=NO3)cc1. The van der Waals surface area contributed by atoms with Gasteiger partial charge < -0.3 is 14.3 Å². The molecule has 2 atom stereocenters. The number of methoxy groups -OCH3 is 1. The summed E-state index contributed by atoms with van der Waals surface area (Å²) in [7, 11) is 1.68. The second-order valence-corrected chi connectivity index (χ2v) is 12.7. The minimum atomic E-state index is -0.979. The van der Waals surface area contributed by atoms with E-state index in [1.165, 1.54) is 0 Å². The summed E-state index contributed by atoms with van der Waals surface area (Å²) in [5.74, 6) is 2.95. The molecular formula is C39H32N4O3S. The number of hydrogen-bond donors (Lipinski definition) is 0. The number of rotatable bonds is 7. The topological polar surface area (TPSA) is 61.1 Å². The highest BCUT2D eigenvalue weighted by Crippen LogP contribution is 2.58. The monoisotopic (exact) mass is 636 g/mol. The predicted molar refractivity (Wildman–Crippen MR) is 186 cm³/mol. The molecule has 2 aliphatic heterocycles. The van der Waals surface area contributed by atoms with Crippen LogP contribution in [0.5, 0.6) is 17.4 Å². The van der Waals surface area contributed by atoms with Gasteiger partial charge in [0.05, 0.1) is 29.7 Å². The van der Waals surface area contributed by atoms with Crippen molar-refractivity contribution in [1.29, 1.82) is 0 Å². The Hall–Kier alpha value is -5.47. The number of aryl methyl sites for hydroxylation is 1. The van der Waals surface area contributed by atoms with E-state index in [-0.39, 0.29) is 5.25 Å². The van der Waals surface area contributed by atoms with Gasteiger partial charge in [0.25, 0.3) is 0 Å². The number of nitrogens with zero attached hydrogens (tertiary/aromatic N) is 4. The van der Waals surface area contributed by atoms with Crippen molar-refractivity contribution in [1.82, 2.24) is 9.78 Å². The van der Waals surface area contributed by atoms with Gasteiger partial charge in [-0.2, -0.15) is 5.10 Å². The molecule has 1 aromatic heterocycles.